The van der Waals surface area contributed by atoms with E-state index < -0.39 is 0 Å². The first-order chi connectivity index (χ1) is 0. The Balaban J connectivity index is 0. The van der Waals surface area contributed by atoms with Gasteiger partial charge in [-0.25, -0.2) is 0 Å². The third-order valence-corrected chi connectivity index (χ3v) is 0. The minimum Gasteiger partial charge on any atom is -0.870 e. The number of hydrogen-bond acceptors (Lipinski definition) is 2. The molecule has 0 heterocycles. The van der Waals surface area contributed by atoms with Crippen LogP contribution in [0.2, 0.25) is 0 Å². The SMILES string of the molecule is [CaH+].[MgH+].[OH-].[OH-].[Zr]. The Bertz CT molecular complexity index is 9.61. The second-order valence-electron chi connectivity index (χ2n) is 0. The second-order valence-corrected chi connectivity index (χ2v) is 0. The number of rotatable bonds is 0. The first kappa shape index (κ1) is 45.6. The minimum atomic E-state index is 0. The molecule has 5 heavy (non-hydrogen) atoms. The van der Waals surface area contributed by atoms with Gasteiger partial charge in [-0.15, -0.1) is 0 Å². The smallest absolute Gasteiger partial charge is 0 e. The van der Waals surface area contributed by atoms with Gasteiger partial charge < -0.3 is 11.0 Å². The predicted molar refractivity (Wildman–Crippen MR) is 18.2 cm³/mol. The topological polar surface area (TPSA) is 60.0 Å². The van der Waals surface area contributed by atoms with Gasteiger partial charge in [0.05, 0.1) is 0 Å². The van der Waals surface area contributed by atoms with E-state index in [1.54, 1.807) is 0 Å². The molecular formula is H4CaMgO2Zr. The van der Waals surface area contributed by atoms with Crippen molar-refractivity contribution in [3.05, 3.63) is 0 Å². The Morgan fingerprint density at radius 3 is 0.800 bits per heavy atom. The van der Waals surface area contributed by atoms with Crippen molar-refractivity contribution in [3.8, 4) is 0 Å². The molecule has 0 saturated carbocycles. The zero-order valence-corrected chi connectivity index (χ0v) is 11.0. The van der Waals surface area contributed by atoms with Crippen molar-refractivity contribution >= 4 is 60.8 Å². The molecule has 0 aromatic heterocycles. The van der Waals surface area contributed by atoms with Crippen LogP contribution < -0.4 is 0 Å². The van der Waals surface area contributed by atoms with E-state index in [2.05, 4.69) is 0 Å². The maximum Gasteiger partial charge on any atom is 0 e. The van der Waals surface area contributed by atoms with Crippen LogP contribution in [0, 0.1) is 0 Å². The standard InChI is InChI=1S/Ca.Mg.2H2O.Zr.2H/h;;2*1H2;;;/q2*+1;;;;;/p-2. The summed E-state index contributed by atoms with van der Waals surface area (Å²) in [6, 6.07) is 0. The summed E-state index contributed by atoms with van der Waals surface area (Å²) >= 11 is 0. The summed E-state index contributed by atoms with van der Waals surface area (Å²) in [4.78, 5) is 0. The summed E-state index contributed by atoms with van der Waals surface area (Å²) in [6.07, 6.45) is 0. The average Bonchev–Trinajstić information content (AvgIpc) is 0. The fourth-order valence-electron chi connectivity index (χ4n) is 0. The van der Waals surface area contributed by atoms with Crippen LogP contribution >= 0.6 is 0 Å². The van der Waals surface area contributed by atoms with Crippen molar-refractivity contribution in [2.75, 3.05) is 0 Å². The predicted octanol–water partition coefficient (Wildman–Crippen LogP) is -1.65. The number of hydrogen-bond donors (Lipinski definition) is 0. The van der Waals surface area contributed by atoms with Gasteiger partial charge in [0.25, 0.3) is 0 Å². The van der Waals surface area contributed by atoms with E-state index in [1.807, 2.05) is 0 Å². The Morgan fingerprint density at radius 2 is 0.800 bits per heavy atom. The average molecular weight is 192 g/mol. The van der Waals surface area contributed by atoms with Gasteiger partial charge in [-0.2, -0.15) is 0 Å². The van der Waals surface area contributed by atoms with Gasteiger partial charge in [-0.05, 0) is 0 Å². The van der Waals surface area contributed by atoms with E-state index in [4.69, 9.17) is 0 Å². The quantitative estimate of drug-likeness (QED) is 0.431. The Kier molecular flexibility index (Phi) is 265. The van der Waals surface area contributed by atoms with E-state index in [0.29, 0.717) is 0 Å². The van der Waals surface area contributed by atoms with Gasteiger partial charge in [0.1, 0.15) is 0 Å². The van der Waals surface area contributed by atoms with Gasteiger partial charge >= 0.3 is 60.8 Å². The Hall–Kier alpha value is 2.83. The van der Waals surface area contributed by atoms with E-state index in [9.17, 15) is 0 Å². The van der Waals surface area contributed by atoms with Crippen LogP contribution in [-0.4, -0.2) is 71.7 Å². The largest absolute Gasteiger partial charge is 0.870 e. The Labute approximate surface area is 96.0 Å². The molecule has 0 unspecified atom stereocenters. The van der Waals surface area contributed by atoms with Gasteiger partial charge in [-0.1, -0.05) is 0 Å². The summed E-state index contributed by atoms with van der Waals surface area (Å²) in [6.45, 7) is 0. The van der Waals surface area contributed by atoms with E-state index in [0.717, 1.165) is 0 Å². The molecule has 24 valence electrons. The van der Waals surface area contributed by atoms with E-state index in [-0.39, 0.29) is 97.9 Å². The van der Waals surface area contributed by atoms with Crippen molar-refractivity contribution in [2.24, 2.45) is 0 Å². The third kappa shape index (κ3) is 19.9. The molecule has 0 fully saturated rings. The van der Waals surface area contributed by atoms with Gasteiger partial charge in [0.15, 0.2) is 0 Å². The molecule has 0 aromatic rings. The van der Waals surface area contributed by atoms with Crippen LogP contribution in [0.15, 0.2) is 0 Å². The van der Waals surface area contributed by atoms with Crippen molar-refractivity contribution in [1.29, 1.82) is 0 Å². The maximum atomic E-state index is 0. The molecule has 0 spiro atoms. The van der Waals surface area contributed by atoms with Crippen LogP contribution in [0.4, 0.5) is 0 Å². The van der Waals surface area contributed by atoms with Crippen LogP contribution in [0.3, 0.4) is 0 Å². The molecule has 0 saturated heterocycles. The van der Waals surface area contributed by atoms with Crippen LogP contribution in [0.5, 0.6) is 0 Å². The first-order valence-corrected chi connectivity index (χ1v) is 0. The summed E-state index contributed by atoms with van der Waals surface area (Å²) in [5, 5.41) is 0. The van der Waals surface area contributed by atoms with Gasteiger partial charge in [0.2, 0.25) is 0 Å². The monoisotopic (exact) mass is 190 g/mol. The molecule has 0 amide bonds. The van der Waals surface area contributed by atoms with Crippen LogP contribution in [0.1, 0.15) is 0 Å². The van der Waals surface area contributed by atoms with Gasteiger partial charge in [-0.3, -0.25) is 0 Å². The minimum absolute atomic E-state index is 0. The van der Waals surface area contributed by atoms with E-state index >= 15 is 0 Å². The fraction of sp³-hybridized carbons (Fsp3) is 0. The van der Waals surface area contributed by atoms with Crippen molar-refractivity contribution in [3.63, 3.8) is 0 Å². The normalized spacial score (nSPS) is 0. The molecular weight excluding hydrogens is 188 g/mol. The Morgan fingerprint density at radius 1 is 0.800 bits per heavy atom. The van der Waals surface area contributed by atoms with Crippen molar-refractivity contribution in [1.82, 2.24) is 0 Å². The molecule has 0 atom stereocenters. The summed E-state index contributed by atoms with van der Waals surface area (Å²) in [5.74, 6) is 0. The molecule has 5 heteroatoms. The second kappa shape index (κ2) is 29.0. The molecule has 0 aliphatic rings. The molecule has 0 rings (SSSR count). The van der Waals surface area contributed by atoms with Gasteiger partial charge in [0, 0.05) is 26.2 Å². The van der Waals surface area contributed by atoms with Crippen molar-refractivity contribution in [2.45, 2.75) is 0 Å². The summed E-state index contributed by atoms with van der Waals surface area (Å²) in [5.41, 5.74) is 0. The van der Waals surface area contributed by atoms with E-state index in [1.165, 1.54) is 0 Å². The molecule has 0 bridgehead atoms. The van der Waals surface area contributed by atoms with Crippen LogP contribution in [0.25, 0.3) is 0 Å². The molecule has 0 aromatic carbocycles. The molecule has 0 radical (unpaired) electrons. The summed E-state index contributed by atoms with van der Waals surface area (Å²) in [7, 11) is 0. The first-order valence-electron chi connectivity index (χ1n) is 0. The molecule has 0 aliphatic heterocycles. The van der Waals surface area contributed by atoms with Crippen molar-refractivity contribution < 1.29 is 37.2 Å². The zero-order valence-electron chi connectivity index (χ0n) is 3.39. The fourth-order valence-corrected chi connectivity index (χ4v) is 0. The molecule has 2 N–H and O–H groups in total. The zero-order chi connectivity index (χ0) is 0. The summed E-state index contributed by atoms with van der Waals surface area (Å²) < 4.78 is 0. The van der Waals surface area contributed by atoms with Crippen LogP contribution in [-0.2, 0) is 26.2 Å². The molecule has 2 nitrogen and oxygen atoms in total. The maximum absolute atomic E-state index is 0. The molecule has 0 aliphatic carbocycles. The third-order valence-electron chi connectivity index (χ3n) is 0.